The molecular formula is C16H24N4O. The van der Waals surface area contributed by atoms with Crippen molar-refractivity contribution in [2.24, 2.45) is 5.84 Å². The third-order valence-electron chi connectivity index (χ3n) is 4.49. The van der Waals surface area contributed by atoms with Gasteiger partial charge in [0.2, 0.25) is 5.91 Å². The number of hydrazine groups is 1. The SMILES string of the molecule is NNC(=O)Cc1ccccc1CN1CCN(C2CC2)CC1. The summed E-state index contributed by atoms with van der Waals surface area (Å²) in [5.74, 6) is 5.05. The van der Waals surface area contributed by atoms with Crippen molar-refractivity contribution in [2.45, 2.75) is 31.8 Å². The first-order chi connectivity index (χ1) is 10.3. The van der Waals surface area contributed by atoms with Crippen LogP contribution in [0, 0.1) is 0 Å². The van der Waals surface area contributed by atoms with Crippen LogP contribution in [-0.2, 0) is 17.8 Å². The van der Waals surface area contributed by atoms with Gasteiger partial charge in [-0.05, 0) is 24.0 Å². The van der Waals surface area contributed by atoms with E-state index in [9.17, 15) is 4.79 Å². The van der Waals surface area contributed by atoms with Gasteiger partial charge in [-0.3, -0.25) is 20.0 Å². The van der Waals surface area contributed by atoms with Gasteiger partial charge in [0.1, 0.15) is 0 Å². The number of hydrogen-bond acceptors (Lipinski definition) is 4. The number of piperazine rings is 1. The zero-order valence-electron chi connectivity index (χ0n) is 12.4. The van der Waals surface area contributed by atoms with Crippen molar-refractivity contribution >= 4 is 5.91 Å². The van der Waals surface area contributed by atoms with Gasteiger partial charge in [-0.25, -0.2) is 5.84 Å². The Hall–Kier alpha value is -1.43. The second-order valence-corrected chi connectivity index (χ2v) is 6.06. The van der Waals surface area contributed by atoms with Gasteiger partial charge in [0.25, 0.3) is 0 Å². The van der Waals surface area contributed by atoms with Crippen molar-refractivity contribution in [2.75, 3.05) is 26.2 Å². The second kappa shape index (κ2) is 6.56. The van der Waals surface area contributed by atoms with Crippen LogP contribution in [0.5, 0.6) is 0 Å². The lowest BCUT2D eigenvalue weighted by Gasteiger charge is -2.35. The van der Waals surface area contributed by atoms with E-state index in [2.05, 4.69) is 21.3 Å². The molecule has 0 bridgehead atoms. The highest BCUT2D eigenvalue weighted by atomic mass is 16.2. The molecule has 1 aromatic rings. The number of amides is 1. The first-order valence-corrected chi connectivity index (χ1v) is 7.79. The van der Waals surface area contributed by atoms with Crippen molar-refractivity contribution in [1.29, 1.82) is 0 Å². The molecule has 0 radical (unpaired) electrons. The molecule has 1 aromatic carbocycles. The van der Waals surface area contributed by atoms with Crippen LogP contribution in [0.1, 0.15) is 24.0 Å². The van der Waals surface area contributed by atoms with Crippen molar-refractivity contribution in [3.8, 4) is 0 Å². The van der Waals surface area contributed by atoms with E-state index < -0.39 is 0 Å². The van der Waals surface area contributed by atoms with Crippen LogP contribution in [0.4, 0.5) is 0 Å². The van der Waals surface area contributed by atoms with Crippen LogP contribution in [0.3, 0.4) is 0 Å². The van der Waals surface area contributed by atoms with E-state index in [1.54, 1.807) is 0 Å². The molecule has 5 nitrogen and oxygen atoms in total. The van der Waals surface area contributed by atoms with Crippen molar-refractivity contribution in [3.63, 3.8) is 0 Å². The highest BCUT2D eigenvalue weighted by Gasteiger charge is 2.31. The number of nitrogens with zero attached hydrogens (tertiary/aromatic N) is 2. The molecule has 3 N–H and O–H groups in total. The molecule has 0 aromatic heterocycles. The average Bonchev–Trinajstić information content (AvgIpc) is 3.35. The maximum absolute atomic E-state index is 11.5. The van der Waals surface area contributed by atoms with Crippen LogP contribution in [-0.4, -0.2) is 47.9 Å². The number of nitrogens with two attached hydrogens (primary N) is 1. The van der Waals surface area contributed by atoms with E-state index in [0.717, 1.165) is 31.2 Å². The zero-order valence-corrected chi connectivity index (χ0v) is 12.4. The molecule has 1 saturated carbocycles. The minimum absolute atomic E-state index is 0.138. The molecule has 21 heavy (non-hydrogen) atoms. The topological polar surface area (TPSA) is 61.6 Å². The molecule has 5 heteroatoms. The lowest BCUT2D eigenvalue weighted by atomic mass is 10.0. The van der Waals surface area contributed by atoms with Gasteiger partial charge < -0.3 is 0 Å². The Bertz CT molecular complexity index is 493. The summed E-state index contributed by atoms with van der Waals surface area (Å²) in [7, 11) is 0. The molecule has 0 atom stereocenters. The van der Waals surface area contributed by atoms with Crippen molar-refractivity contribution < 1.29 is 4.79 Å². The average molecular weight is 288 g/mol. The predicted octanol–water partition coefficient (Wildman–Crippen LogP) is 0.499. The first-order valence-electron chi connectivity index (χ1n) is 7.79. The van der Waals surface area contributed by atoms with Crippen LogP contribution < -0.4 is 11.3 Å². The van der Waals surface area contributed by atoms with Crippen LogP contribution in [0.25, 0.3) is 0 Å². The van der Waals surface area contributed by atoms with Gasteiger partial charge in [0.05, 0.1) is 6.42 Å². The summed E-state index contributed by atoms with van der Waals surface area (Å²) in [4.78, 5) is 16.6. The number of carbonyl (C=O) groups excluding carboxylic acids is 1. The maximum atomic E-state index is 11.5. The Morgan fingerprint density at radius 3 is 2.43 bits per heavy atom. The van der Waals surface area contributed by atoms with Crippen LogP contribution in [0.15, 0.2) is 24.3 Å². The summed E-state index contributed by atoms with van der Waals surface area (Å²) in [6.07, 6.45) is 3.13. The molecule has 3 rings (SSSR count). The summed E-state index contributed by atoms with van der Waals surface area (Å²) in [6, 6.07) is 9.03. The normalized spacial score (nSPS) is 20.4. The van der Waals surface area contributed by atoms with Gasteiger partial charge >= 0.3 is 0 Å². The quantitative estimate of drug-likeness (QED) is 0.470. The van der Waals surface area contributed by atoms with E-state index >= 15 is 0 Å². The van der Waals surface area contributed by atoms with E-state index in [0.29, 0.717) is 6.42 Å². The number of benzene rings is 1. The highest BCUT2D eigenvalue weighted by Crippen LogP contribution is 2.27. The fraction of sp³-hybridized carbons (Fsp3) is 0.562. The summed E-state index contributed by atoms with van der Waals surface area (Å²) in [5.41, 5.74) is 4.52. The van der Waals surface area contributed by atoms with Gasteiger partial charge in [-0.1, -0.05) is 24.3 Å². The molecular weight excluding hydrogens is 264 g/mol. The highest BCUT2D eigenvalue weighted by molar-refractivity contribution is 5.78. The Balaban J connectivity index is 1.58. The van der Waals surface area contributed by atoms with Crippen LogP contribution in [0.2, 0.25) is 0 Å². The molecule has 2 aliphatic rings. The Labute approximate surface area is 126 Å². The summed E-state index contributed by atoms with van der Waals surface area (Å²) < 4.78 is 0. The predicted molar refractivity (Wildman–Crippen MR) is 82.3 cm³/mol. The summed E-state index contributed by atoms with van der Waals surface area (Å²) in [6.45, 7) is 5.51. The molecule has 1 heterocycles. The molecule has 1 aliphatic carbocycles. The minimum atomic E-state index is -0.138. The molecule has 0 unspecified atom stereocenters. The fourth-order valence-electron chi connectivity index (χ4n) is 3.08. The summed E-state index contributed by atoms with van der Waals surface area (Å²) in [5, 5.41) is 0. The van der Waals surface area contributed by atoms with Crippen molar-refractivity contribution in [1.82, 2.24) is 15.2 Å². The first kappa shape index (κ1) is 14.5. The third-order valence-corrected chi connectivity index (χ3v) is 4.49. The van der Waals surface area contributed by atoms with Crippen molar-refractivity contribution in [3.05, 3.63) is 35.4 Å². The number of nitrogens with one attached hydrogen (secondary N) is 1. The molecule has 0 spiro atoms. The van der Waals surface area contributed by atoms with E-state index in [-0.39, 0.29) is 5.91 Å². The Morgan fingerprint density at radius 1 is 1.14 bits per heavy atom. The maximum Gasteiger partial charge on any atom is 0.238 e. The Morgan fingerprint density at radius 2 is 1.81 bits per heavy atom. The fourth-order valence-corrected chi connectivity index (χ4v) is 3.08. The molecule has 114 valence electrons. The zero-order chi connectivity index (χ0) is 14.7. The number of rotatable bonds is 5. The monoisotopic (exact) mass is 288 g/mol. The van der Waals surface area contributed by atoms with Gasteiger partial charge in [0.15, 0.2) is 0 Å². The molecule has 1 amide bonds. The third kappa shape index (κ3) is 3.81. The lowest BCUT2D eigenvalue weighted by molar-refractivity contribution is -0.120. The lowest BCUT2D eigenvalue weighted by Crippen LogP contribution is -2.46. The van der Waals surface area contributed by atoms with Gasteiger partial charge in [0, 0.05) is 38.8 Å². The summed E-state index contributed by atoms with van der Waals surface area (Å²) >= 11 is 0. The van der Waals surface area contributed by atoms with E-state index in [4.69, 9.17) is 5.84 Å². The number of hydrogen-bond donors (Lipinski definition) is 2. The molecule has 1 aliphatic heterocycles. The largest absolute Gasteiger partial charge is 0.298 e. The van der Waals surface area contributed by atoms with E-state index in [1.165, 1.54) is 31.5 Å². The Kier molecular flexibility index (Phi) is 4.53. The van der Waals surface area contributed by atoms with Gasteiger partial charge in [-0.15, -0.1) is 0 Å². The standard InChI is InChI=1S/C16H24N4O/c17-18-16(21)11-13-3-1-2-4-14(13)12-19-7-9-20(10-8-19)15-5-6-15/h1-4,15H,5-12,17H2,(H,18,21). The van der Waals surface area contributed by atoms with Crippen LogP contribution >= 0.6 is 0 Å². The van der Waals surface area contributed by atoms with Gasteiger partial charge in [-0.2, -0.15) is 0 Å². The van der Waals surface area contributed by atoms with E-state index in [1.807, 2.05) is 18.2 Å². The second-order valence-electron chi connectivity index (χ2n) is 6.06. The minimum Gasteiger partial charge on any atom is -0.298 e. The molecule has 2 fully saturated rings. The molecule has 1 saturated heterocycles. The number of carbonyl (C=O) groups is 1. The smallest absolute Gasteiger partial charge is 0.238 e.